The minimum atomic E-state index is -0.00480. The Kier molecular flexibility index (Phi) is 4.92. The van der Waals surface area contributed by atoms with Gasteiger partial charge in [-0.15, -0.1) is 11.6 Å². The highest BCUT2D eigenvalue weighted by atomic mass is 35.5. The van der Waals surface area contributed by atoms with E-state index in [1.807, 2.05) is 6.92 Å². The van der Waals surface area contributed by atoms with Crippen molar-refractivity contribution in [1.82, 2.24) is 4.90 Å². The van der Waals surface area contributed by atoms with Crippen LogP contribution in [0.25, 0.3) is 0 Å². The fourth-order valence-corrected chi connectivity index (χ4v) is 1.61. The second-order valence-electron chi connectivity index (χ2n) is 3.08. The molecule has 0 aromatic heterocycles. The zero-order chi connectivity index (χ0) is 11.3. The molecule has 0 bridgehead atoms. The molecule has 0 radical (unpaired) electrons. The van der Waals surface area contributed by atoms with E-state index in [2.05, 4.69) is 0 Å². The predicted molar refractivity (Wildman–Crippen MR) is 63.7 cm³/mol. The Labute approximate surface area is 99.8 Å². The summed E-state index contributed by atoms with van der Waals surface area (Å²) < 4.78 is 0. The van der Waals surface area contributed by atoms with Crippen molar-refractivity contribution in [2.45, 2.75) is 6.92 Å². The Morgan fingerprint density at radius 3 is 2.40 bits per heavy atom. The average molecular weight is 246 g/mol. The van der Waals surface area contributed by atoms with Crippen LogP contribution in [0.3, 0.4) is 0 Å². The lowest BCUT2D eigenvalue weighted by molar-refractivity contribution is 0.0774. The van der Waals surface area contributed by atoms with Gasteiger partial charge in [0.15, 0.2) is 0 Å². The summed E-state index contributed by atoms with van der Waals surface area (Å²) >= 11 is 11.4. The average Bonchev–Trinajstić information content (AvgIpc) is 2.26. The van der Waals surface area contributed by atoms with E-state index < -0.39 is 0 Å². The molecule has 0 heterocycles. The molecule has 15 heavy (non-hydrogen) atoms. The molecule has 0 aliphatic heterocycles. The summed E-state index contributed by atoms with van der Waals surface area (Å²) in [6.45, 7) is 3.16. The van der Waals surface area contributed by atoms with Crippen molar-refractivity contribution < 1.29 is 4.79 Å². The Hall–Kier alpha value is -0.730. The monoisotopic (exact) mass is 245 g/mol. The first-order chi connectivity index (χ1) is 7.19. The summed E-state index contributed by atoms with van der Waals surface area (Å²) in [6, 6.07) is 6.87. The number of rotatable bonds is 4. The van der Waals surface area contributed by atoms with Crippen LogP contribution in [0.4, 0.5) is 0 Å². The lowest BCUT2D eigenvalue weighted by atomic mass is 10.2. The highest BCUT2D eigenvalue weighted by Gasteiger charge is 2.12. The number of nitrogens with zero attached hydrogens (tertiary/aromatic N) is 1. The van der Waals surface area contributed by atoms with Crippen molar-refractivity contribution in [1.29, 1.82) is 0 Å². The normalized spacial score (nSPS) is 10.1. The van der Waals surface area contributed by atoms with Crippen LogP contribution >= 0.6 is 23.2 Å². The molecular weight excluding hydrogens is 233 g/mol. The number of carbonyl (C=O) groups excluding carboxylic acids is 1. The highest BCUT2D eigenvalue weighted by Crippen LogP contribution is 2.11. The van der Waals surface area contributed by atoms with Gasteiger partial charge in [0.1, 0.15) is 0 Å². The van der Waals surface area contributed by atoms with E-state index >= 15 is 0 Å². The van der Waals surface area contributed by atoms with E-state index in [1.54, 1.807) is 29.2 Å². The second kappa shape index (κ2) is 5.99. The predicted octanol–water partition coefficient (Wildman–Crippen LogP) is 3.04. The first-order valence-electron chi connectivity index (χ1n) is 4.79. The van der Waals surface area contributed by atoms with Gasteiger partial charge >= 0.3 is 0 Å². The van der Waals surface area contributed by atoms with Crippen molar-refractivity contribution in [3.63, 3.8) is 0 Å². The summed E-state index contributed by atoms with van der Waals surface area (Å²) in [4.78, 5) is 13.6. The molecule has 0 saturated carbocycles. The van der Waals surface area contributed by atoms with E-state index in [4.69, 9.17) is 23.2 Å². The lowest BCUT2D eigenvalue weighted by Gasteiger charge is -2.19. The molecule has 0 spiro atoms. The zero-order valence-corrected chi connectivity index (χ0v) is 10.1. The molecule has 1 aromatic carbocycles. The van der Waals surface area contributed by atoms with Gasteiger partial charge < -0.3 is 4.90 Å². The maximum absolute atomic E-state index is 11.9. The Balaban J connectivity index is 2.78. The molecule has 2 nitrogen and oxygen atoms in total. The van der Waals surface area contributed by atoms with Gasteiger partial charge in [0, 0.05) is 29.6 Å². The van der Waals surface area contributed by atoms with E-state index in [9.17, 15) is 4.79 Å². The summed E-state index contributed by atoms with van der Waals surface area (Å²) in [6.07, 6.45) is 0. The Morgan fingerprint density at radius 2 is 1.93 bits per heavy atom. The van der Waals surface area contributed by atoms with E-state index in [0.29, 0.717) is 29.6 Å². The number of halogens is 2. The van der Waals surface area contributed by atoms with Gasteiger partial charge in [-0.1, -0.05) is 11.6 Å². The van der Waals surface area contributed by atoms with Crippen LogP contribution < -0.4 is 0 Å². The molecule has 1 aromatic rings. The van der Waals surface area contributed by atoms with Gasteiger partial charge in [-0.3, -0.25) is 4.79 Å². The maximum atomic E-state index is 11.9. The number of hydrogen-bond donors (Lipinski definition) is 0. The summed E-state index contributed by atoms with van der Waals surface area (Å²) in [5, 5.41) is 0.631. The van der Waals surface area contributed by atoms with Gasteiger partial charge in [0.05, 0.1) is 0 Å². The third kappa shape index (κ3) is 3.40. The number of amides is 1. The Morgan fingerprint density at radius 1 is 1.33 bits per heavy atom. The quantitative estimate of drug-likeness (QED) is 0.748. The molecule has 82 valence electrons. The zero-order valence-electron chi connectivity index (χ0n) is 8.54. The second-order valence-corrected chi connectivity index (χ2v) is 3.90. The van der Waals surface area contributed by atoms with Crippen LogP contribution in [-0.2, 0) is 0 Å². The molecular formula is C11H13Cl2NO. The minimum absolute atomic E-state index is 0.00480. The van der Waals surface area contributed by atoms with E-state index in [-0.39, 0.29) is 5.91 Å². The third-order valence-electron chi connectivity index (χ3n) is 2.11. The molecule has 1 amide bonds. The van der Waals surface area contributed by atoms with Crippen LogP contribution in [0, 0.1) is 0 Å². The molecule has 0 aliphatic carbocycles. The topological polar surface area (TPSA) is 20.3 Å². The minimum Gasteiger partial charge on any atom is -0.338 e. The Bertz CT molecular complexity index is 324. The number of carbonyl (C=O) groups is 1. The van der Waals surface area contributed by atoms with Crippen molar-refractivity contribution in [3.05, 3.63) is 34.9 Å². The molecule has 0 saturated heterocycles. The lowest BCUT2D eigenvalue weighted by Crippen LogP contribution is -2.32. The number of alkyl halides is 1. The van der Waals surface area contributed by atoms with Gasteiger partial charge in [0.2, 0.25) is 0 Å². The van der Waals surface area contributed by atoms with Crippen molar-refractivity contribution >= 4 is 29.1 Å². The number of benzene rings is 1. The first-order valence-corrected chi connectivity index (χ1v) is 5.71. The van der Waals surface area contributed by atoms with Gasteiger partial charge in [-0.25, -0.2) is 0 Å². The summed E-state index contributed by atoms with van der Waals surface area (Å²) in [5.41, 5.74) is 0.645. The molecule has 1 rings (SSSR count). The van der Waals surface area contributed by atoms with Crippen LogP contribution in [0.15, 0.2) is 24.3 Å². The molecule has 0 unspecified atom stereocenters. The molecule has 0 atom stereocenters. The SMILES string of the molecule is CCN(CCCl)C(=O)c1ccc(Cl)cc1. The molecule has 4 heteroatoms. The standard InChI is InChI=1S/C11H13Cl2NO/c1-2-14(8-7-12)11(15)9-3-5-10(13)6-4-9/h3-6H,2,7-8H2,1H3. The largest absolute Gasteiger partial charge is 0.338 e. The van der Waals surface area contributed by atoms with Crippen LogP contribution in [-0.4, -0.2) is 29.8 Å². The molecule has 0 N–H and O–H groups in total. The van der Waals surface area contributed by atoms with Crippen molar-refractivity contribution in [3.8, 4) is 0 Å². The van der Waals surface area contributed by atoms with Crippen molar-refractivity contribution in [2.24, 2.45) is 0 Å². The fourth-order valence-electron chi connectivity index (χ4n) is 1.28. The van der Waals surface area contributed by atoms with E-state index in [1.165, 1.54) is 0 Å². The summed E-state index contributed by atoms with van der Waals surface area (Å²) in [5.74, 6) is 0.447. The molecule has 0 aliphatic rings. The van der Waals surface area contributed by atoms with Crippen LogP contribution in [0.1, 0.15) is 17.3 Å². The van der Waals surface area contributed by atoms with Gasteiger partial charge in [-0.05, 0) is 31.2 Å². The maximum Gasteiger partial charge on any atom is 0.253 e. The molecule has 0 fully saturated rings. The highest BCUT2D eigenvalue weighted by molar-refractivity contribution is 6.30. The van der Waals surface area contributed by atoms with Crippen molar-refractivity contribution in [2.75, 3.05) is 19.0 Å². The smallest absolute Gasteiger partial charge is 0.253 e. The van der Waals surface area contributed by atoms with Gasteiger partial charge in [-0.2, -0.15) is 0 Å². The first kappa shape index (κ1) is 12.3. The fraction of sp³-hybridized carbons (Fsp3) is 0.364. The van der Waals surface area contributed by atoms with Crippen LogP contribution in [0.2, 0.25) is 5.02 Å². The number of hydrogen-bond acceptors (Lipinski definition) is 1. The summed E-state index contributed by atoms with van der Waals surface area (Å²) in [7, 11) is 0. The van der Waals surface area contributed by atoms with Crippen LogP contribution in [0.5, 0.6) is 0 Å². The van der Waals surface area contributed by atoms with Gasteiger partial charge in [0.25, 0.3) is 5.91 Å². The third-order valence-corrected chi connectivity index (χ3v) is 2.54. The van der Waals surface area contributed by atoms with E-state index in [0.717, 1.165) is 0 Å².